The zero-order chi connectivity index (χ0) is 13.9. The van der Waals surface area contributed by atoms with Crippen molar-refractivity contribution in [2.24, 2.45) is 4.40 Å². The highest BCUT2D eigenvalue weighted by Gasteiger charge is 2.15. The lowest BCUT2D eigenvalue weighted by Gasteiger charge is -2.00. The predicted octanol–water partition coefficient (Wildman–Crippen LogP) is 3.29. The summed E-state index contributed by atoms with van der Waals surface area (Å²) in [6.07, 6.45) is 1.15. The summed E-state index contributed by atoms with van der Waals surface area (Å²) in [7, 11) is -3.86. The Hall–Kier alpha value is -1.72. The Bertz CT molecular complexity index is 712. The van der Waals surface area contributed by atoms with Gasteiger partial charge in [-0.25, -0.2) is 4.39 Å². The first-order valence-corrected chi connectivity index (χ1v) is 7.11. The fraction of sp³-hybridized carbons (Fsp3) is 0. The number of hydrogen-bond acceptors (Lipinski definition) is 2. The van der Waals surface area contributed by atoms with Gasteiger partial charge in [0, 0.05) is 6.21 Å². The van der Waals surface area contributed by atoms with Gasteiger partial charge in [0.25, 0.3) is 10.0 Å². The van der Waals surface area contributed by atoms with Crippen molar-refractivity contribution in [1.29, 1.82) is 0 Å². The first kappa shape index (κ1) is 13.7. The van der Waals surface area contributed by atoms with Gasteiger partial charge in [-0.3, -0.25) is 0 Å². The molecule has 0 bridgehead atoms. The van der Waals surface area contributed by atoms with Crippen molar-refractivity contribution < 1.29 is 12.8 Å². The largest absolute Gasteiger partial charge is 0.283 e. The maximum Gasteiger partial charge on any atom is 0.283 e. The first-order valence-electron chi connectivity index (χ1n) is 5.29. The molecule has 0 atom stereocenters. The summed E-state index contributed by atoms with van der Waals surface area (Å²) in [5.74, 6) is -0.397. The lowest BCUT2D eigenvalue weighted by atomic mass is 10.2. The monoisotopic (exact) mass is 297 g/mol. The van der Waals surface area contributed by atoms with Gasteiger partial charge in [0.05, 0.1) is 5.02 Å². The van der Waals surface area contributed by atoms with E-state index in [0.29, 0.717) is 5.56 Å². The molecule has 0 saturated carbocycles. The number of rotatable bonds is 3. The van der Waals surface area contributed by atoms with E-state index in [-0.39, 0.29) is 9.92 Å². The van der Waals surface area contributed by atoms with E-state index in [2.05, 4.69) is 4.40 Å². The summed E-state index contributed by atoms with van der Waals surface area (Å²) in [6.45, 7) is 0. The Morgan fingerprint density at radius 2 is 1.68 bits per heavy atom. The average Bonchev–Trinajstić information content (AvgIpc) is 2.38. The molecule has 6 heteroatoms. The van der Waals surface area contributed by atoms with Gasteiger partial charge in [-0.15, -0.1) is 0 Å². The number of hydrogen-bond donors (Lipinski definition) is 0. The third kappa shape index (κ3) is 3.39. The summed E-state index contributed by atoms with van der Waals surface area (Å²) in [6, 6.07) is 11.4. The van der Waals surface area contributed by atoms with E-state index in [1.54, 1.807) is 12.1 Å². The van der Waals surface area contributed by atoms with Crippen LogP contribution in [0.15, 0.2) is 57.8 Å². The molecule has 0 unspecified atom stereocenters. The molecule has 0 aromatic heterocycles. The van der Waals surface area contributed by atoms with Crippen LogP contribution < -0.4 is 0 Å². The molecular weight excluding hydrogens is 289 g/mol. The van der Waals surface area contributed by atoms with Crippen LogP contribution in [0.4, 0.5) is 4.39 Å². The number of benzene rings is 2. The molecule has 0 heterocycles. The molecule has 3 nitrogen and oxygen atoms in total. The molecule has 0 radical (unpaired) electrons. The summed E-state index contributed by atoms with van der Waals surface area (Å²) >= 11 is 5.81. The molecule has 2 aromatic carbocycles. The van der Waals surface area contributed by atoms with Crippen LogP contribution in [0.2, 0.25) is 5.02 Å². The average molecular weight is 298 g/mol. The molecule has 0 aliphatic carbocycles. The standard InChI is InChI=1S/C13H9ClFNO2S/c14-12-3-1-2-4-13(12)19(17,18)16-9-10-5-7-11(15)8-6-10/h1-9H. The van der Waals surface area contributed by atoms with Crippen molar-refractivity contribution in [3.05, 3.63) is 64.9 Å². The van der Waals surface area contributed by atoms with Gasteiger partial charge in [0.15, 0.2) is 0 Å². The fourth-order valence-electron chi connectivity index (χ4n) is 1.39. The first-order chi connectivity index (χ1) is 8.99. The normalized spacial score (nSPS) is 11.9. The Kier molecular flexibility index (Phi) is 3.97. The third-order valence-corrected chi connectivity index (χ3v) is 4.06. The smallest absolute Gasteiger partial charge is 0.207 e. The van der Waals surface area contributed by atoms with Crippen LogP contribution in [0.3, 0.4) is 0 Å². The van der Waals surface area contributed by atoms with Gasteiger partial charge >= 0.3 is 0 Å². The zero-order valence-corrected chi connectivity index (χ0v) is 11.2. The van der Waals surface area contributed by atoms with Crippen LogP contribution in [0.25, 0.3) is 0 Å². The van der Waals surface area contributed by atoms with Crippen LogP contribution in [-0.4, -0.2) is 14.6 Å². The highest BCUT2D eigenvalue weighted by atomic mass is 35.5. The van der Waals surface area contributed by atoms with Crippen molar-refractivity contribution in [2.75, 3.05) is 0 Å². The molecule has 0 fully saturated rings. The summed E-state index contributed by atoms with van der Waals surface area (Å²) in [5.41, 5.74) is 0.483. The Morgan fingerprint density at radius 1 is 1.05 bits per heavy atom. The zero-order valence-electron chi connectivity index (χ0n) is 9.62. The maximum atomic E-state index is 12.7. The molecule has 0 spiro atoms. The molecule has 0 aliphatic rings. The third-order valence-electron chi connectivity index (χ3n) is 2.33. The van der Waals surface area contributed by atoms with Crippen LogP contribution in [0, 0.1) is 5.82 Å². The lowest BCUT2D eigenvalue weighted by molar-refractivity contribution is 0.598. The topological polar surface area (TPSA) is 46.5 Å². The van der Waals surface area contributed by atoms with Crippen LogP contribution >= 0.6 is 11.6 Å². The van der Waals surface area contributed by atoms with E-state index in [1.807, 2.05) is 0 Å². The van der Waals surface area contributed by atoms with Gasteiger partial charge in [0.2, 0.25) is 0 Å². The second kappa shape index (κ2) is 5.50. The predicted molar refractivity (Wildman–Crippen MR) is 72.6 cm³/mol. The molecule has 2 aromatic rings. The summed E-state index contributed by atoms with van der Waals surface area (Å²) < 4.78 is 40.1. The number of sulfonamides is 1. The molecule has 2 rings (SSSR count). The molecule has 0 saturated heterocycles. The maximum absolute atomic E-state index is 12.7. The number of halogens is 2. The van der Waals surface area contributed by atoms with E-state index in [1.165, 1.54) is 36.4 Å². The van der Waals surface area contributed by atoms with E-state index in [0.717, 1.165) is 6.21 Å². The Morgan fingerprint density at radius 3 is 2.32 bits per heavy atom. The summed E-state index contributed by atoms with van der Waals surface area (Å²) in [4.78, 5) is -0.0602. The minimum absolute atomic E-state index is 0.0602. The molecule has 98 valence electrons. The van der Waals surface area contributed by atoms with E-state index >= 15 is 0 Å². The quantitative estimate of drug-likeness (QED) is 0.816. The summed E-state index contributed by atoms with van der Waals surface area (Å²) in [5, 5.41) is 0.110. The highest BCUT2D eigenvalue weighted by molar-refractivity contribution is 7.90. The van der Waals surface area contributed by atoms with E-state index in [9.17, 15) is 12.8 Å². The molecule has 19 heavy (non-hydrogen) atoms. The van der Waals surface area contributed by atoms with Crippen LogP contribution in [0.5, 0.6) is 0 Å². The molecule has 0 amide bonds. The van der Waals surface area contributed by atoms with Gasteiger partial charge in [0.1, 0.15) is 10.7 Å². The van der Waals surface area contributed by atoms with Gasteiger partial charge in [-0.2, -0.15) is 12.8 Å². The minimum atomic E-state index is -3.86. The lowest BCUT2D eigenvalue weighted by Crippen LogP contribution is -1.98. The number of nitrogens with zero attached hydrogens (tertiary/aromatic N) is 1. The van der Waals surface area contributed by atoms with E-state index < -0.39 is 15.8 Å². The van der Waals surface area contributed by atoms with Gasteiger partial charge < -0.3 is 0 Å². The Labute approximate surface area is 115 Å². The second-order valence-corrected chi connectivity index (χ2v) is 5.70. The molecular formula is C13H9ClFNO2S. The van der Waals surface area contributed by atoms with Crippen LogP contribution in [-0.2, 0) is 10.0 Å². The minimum Gasteiger partial charge on any atom is -0.207 e. The highest BCUT2D eigenvalue weighted by Crippen LogP contribution is 2.22. The SMILES string of the molecule is O=S(=O)(N=Cc1ccc(F)cc1)c1ccccc1Cl. The molecule has 0 aliphatic heterocycles. The fourth-order valence-corrected chi connectivity index (χ4v) is 2.76. The van der Waals surface area contributed by atoms with E-state index in [4.69, 9.17) is 11.6 Å². The van der Waals surface area contributed by atoms with Crippen molar-refractivity contribution in [3.63, 3.8) is 0 Å². The Balaban J connectivity index is 2.32. The van der Waals surface area contributed by atoms with Crippen molar-refractivity contribution >= 4 is 27.8 Å². The van der Waals surface area contributed by atoms with Crippen molar-refractivity contribution in [1.82, 2.24) is 0 Å². The van der Waals surface area contributed by atoms with Crippen molar-refractivity contribution in [2.45, 2.75) is 4.90 Å². The van der Waals surface area contributed by atoms with Gasteiger partial charge in [-0.05, 0) is 29.8 Å². The molecule has 0 N–H and O–H groups in total. The van der Waals surface area contributed by atoms with Crippen LogP contribution in [0.1, 0.15) is 5.56 Å². The second-order valence-electron chi connectivity index (χ2n) is 3.69. The van der Waals surface area contributed by atoms with Gasteiger partial charge in [-0.1, -0.05) is 35.9 Å². The van der Waals surface area contributed by atoms with Crippen molar-refractivity contribution in [3.8, 4) is 0 Å².